The molecule has 1 aliphatic heterocycles. The molecule has 2 aliphatic rings. The maximum atomic E-state index is 5.92. The highest BCUT2D eigenvalue weighted by atomic mass is 35.5. The normalized spacial score (nSPS) is 23.3. The van der Waals surface area contributed by atoms with E-state index in [2.05, 4.69) is 25.2 Å². The van der Waals surface area contributed by atoms with E-state index in [4.69, 9.17) is 16.3 Å². The van der Waals surface area contributed by atoms with Crippen molar-refractivity contribution in [3.63, 3.8) is 0 Å². The van der Waals surface area contributed by atoms with Crippen molar-refractivity contribution in [2.45, 2.75) is 51.3 Å². The second kappa shape index (κ2) is 5.69. The third-order valence-electron chi connectivity index (χ3n) is 3.54. The van der Waals surface area contributed by atoms with Crippen LogP contribution < -0.4 is 10.1 Å². The number of hydrogen-bond acceptors (Lipinski definition) is 6. The molecular weight excluding hydrogens is 278 g/mol. The molecule has 7 heteroatoms. The van der Waals surface area contributed by atoms with E-state index >= 15 is 0 Å². The lowest BCUT2D eigenvalue weighted by Crippen LogP contribution is -2.28. The van der Waals surface area contributed by atoms with Crippen LogP contribution >= 0.6 is 11.6 Å². The molecule has 0 aromatic carbocycles. The predicted octanol–water partition coefficient (Wildman–Crippen LogP) is 1.96. The SMILES string of the molecule is CC(C)Oc1nc(Cl)nc(NC2CCN(C3CC3)C2)n1. The average Bonchev–Trinajstić information content (AvgIpc) is 3.09. The van der Waals surface area contributed by atoms with Crippen molar-refractivity contribution in [2.75, 3.05) is 18.4 Å². The van der Waals surface area contributed by atoms with Crippen LogP contribution in [0.1, 0.15) is 33.1 Å². The lowest BCUT2D eigenvalue weighted by molar-refractivity contribution is 0.222. The molecule has 110 valence electrons. The van der Waals surface area contributed by atoms with Crippen LogP contribution in [0.15, 0.2) is 0 Å². The molecule has 2 heterocycles. The average molecular weight is 298 g/mol. The Morgan fingerprint density at radius 1 is 1.25 bits per heavy atom. The highest BCUT2D eigenvalue weighted by Gasteiger charge is 2.34. The summed E-state index contributed by atoms with van der Waals surface area (Å²) in [5.41, 5.74) is 0. The second-order valence-corrected chi connectivity index (χ2v) is 6.07. The van der Waals surface area contributed by atoms with Crippen LogP contribution in [0.4, 0.5) is 5.95 Å². The fourth-order valence-electron chi connectivity index (χ4n) is 2.52. The number of aromatic nitrogens is 3. The molecule has 1 aromatic rings. The van der Waals surface area contributed by atoms with Gasteiger partial charge >= 0.3 is 6.01 Å². The Morgan fingerprint density at radius 3 is 2.75 bits per heavy atom. The van der Waals surface area contributed by atoms with Gasteiger partial charge in [-0.25, -0.2) is 0 Å². The van der Waals surface area contributed by atoms with Crippen molar-refractivity contribution in [3.05, 3.63) is 5.28 Å². The molecule has 0 bridgehead atoms. The largest absolute Gasteiger partial charge is 0.461 e. The van der Waals surface area contributed by atoms with Crippen LogP contribution in [0, 0.1) is 0 Å². The van der Waals surface area contributed by atoms with Gasteiger partial charge in [-0.2, -0.15) is 15.0 Å². The van der Waals surface area contributed by atoms with E-state index in [1.54, 1.807) is 0 Å². The maximum absolute atomic E-state index is 5.92. The van der Waals surface area contributed by atoms with Gasteiger partial charge < -0.3 is 10.1 Å². The third-order valence-corrected chi connectivity index (χ3v) is 3.71. The first-order valence-electron chi connectivity index (χ1n) is 7.19. The van der Waals surface area contributed by atoms with Crippen molar-refractivity contribution in [3.8, 4) is 6.01 Å². The number of ether oxygens (including phenoxy) is 1. The highest BCUT2D eigenvalue weighted by Crippen LogP contribution is 2.30. The van der Waals surface area contributed by atoms with Gasteiger partial charge in [0.1, 0.15) is 0 Å². The Kier molecular flexibility index (Phi) is 3.94. The van der Waals surface area contributed by atoms with Gasteiger partial charge in [-0.05, 0) is 44.7 Å². The van der Waals surface area contributed by atoms with Crippen LogP contribution in [-0.2, 0) is 0 Å². The molecule has 1 aromatic heterocycles. The monoisotopic (exact) mass is 297 g/mol. The minimum atomic E-state index is 0.0122. The Hall–Kier alpha value is -1.14. The number of likely N-dealkylation sites (tertiary alicyclic amines) is 1. The quantitative estimate of drug-likeness (QED) is 0.896. The topological polar surface area (TPSA) is 63.2 Å². The number of nitrogens with zero attached hydrogens (tertiary/aromatic N) is 4. The van der Waals surface area contributed by atoms with E-state index in [0.29, 0.717) is 12.0 Å². The zero-order chi connectivity index (χ0) is 14.1. The first-order chi connectivity index (χ1) is 9.60. The van der Waals surface area contributed by atoms with E-state index in [-0.39, 0.29) is 17.4 Å². The van der Waals surface area contributed by atoms with E-state index in [0.717, 1.165) is 25.6 Å². The summed E-state index contributed by atoms with van der Waals surface area (Å²) >= 11 is 5.92. The molecule has 1 aliphatic carbocycles. The number of halogens is 1. The molecule has 0 spiro atoms. The van der Waals surface area contributed by atoms with Gasteiger partial charge in [-0.3, -0.25) is 4.90 Å². The van der Waals surface area contributed by atoms with Crippen LogP contribution in [-0.4, -0.2) is 51.1 Å². The summed E-state index contributed by atoms with van der Waals surface area (Å²) in [6, 6.07) is 1.46. The Morgan fingerprint density at radius 2 is 2.05 bits per heavy atom. The van der Waals surface area contributed by atoms with E-state index in [1.165, 1.54) is 12.8 Å². The summed E-state index contributed by atoms with van der Waals surface area (Å²) in [6.07, 6.45) is 3.81. The fourth-order valence-corrected chi connectivity index (χ4v) is 2.67. The smallest absolute Gasteiger partial charge is 0.322 e. The summed E-state index contributed by atoms with van der Waals surface area (Å²) in [4.78, 5) is 14.9. The van der Waals surface area contributed by atoms with Crippen molar-refractivity contribution < 1.29 is 4.74 Å². The number of hydrogen-bond donors (Lipinski definition) is 1. The van der Waals surface area contributed by atoms with Gasteiger partial charge in [0.05, 0.1) is 6.10 Å². The molecule has 3 rings (SSSR count). The van der Waals surface area contributed by atoms with Crippen LogP contribution in [0.5, 0.6) is 6.01 Å². The van der Waals surface area contributed by atoms with Gasteiger partial charge in [-0.1, -0.05) is 0 Å². The summed E-state index contributed by atoms with van der Waals surface area (Å²) in [5.74, 6) is 0.503. The highest BCUT2D eigenvalue weighted by molar-refractivity contribution is 6.28. The fraction of sp³-hybridized carbons (Fsp3) is 0.769. The third kappa shape index (κ3) is 3.49. The van der Waals surface area contributed by atoms with Gasteiger partial charge in [-0.15, -0.1) is 0 Å². The van der Waals surface area contributed by atoms with E-state index < -0.39 is 0 Å². The van der Waals surface area contributed by atoms with Crippen molar-refractivity contribution >= 4 is 17.5 Å². The zero-order valence-electron chi connectivity index (χ0n) is 11.8. The summed E-state index contributed by atoms with van der Waals surface area (Å²) in [7, 11) is 0. The molecule has 2 fully saturated rings. The summed E-state index contributed by atoms with van der Waals surface area (Å²) < 4.78 is 5.47. The van der Waals surface area contributed by atoms with Gasteiger partial charge in [0.2, 0.25) is 11.2 Å². The lowest BCUT2D eigenvalue weighted by Gasteiger charge is -2.16. The Balaban J connectivity index is 1.63. The summed E-state index contributed by atoms with van der Waals surface area (Å²) in [5, 5.41) is 3.50. The first-order valence-corrected chi connectivity index (χ1v) is 7.57. The number of rotatable bonds is 5. The molecule has 20 heavy (non-hydrogen) atoms. The minimum Gasteiger partial charge on any atom is -0.461 e. The number of anilines is 1. The van der Waals surface area contributed by atoms with Crippen molar-refractivity contribution in [1.29, 1.82) is 0 Å². The molecule has 1 unspecified atom stereocenters. The molecule has 1 N–H and O–H groups in total. The van der Waals surface area contributed by atoms with Crippen molar-refractivity contribution in [1.82, 2.24) is 19.9 Å². The second-order valence-electron chi connectivity index (χ2n) is 5.73. The molecule has 6 nitrogen and oxygen atoms in total. The molecule has 0 amide bonds. The molecular formula is C13H20ClN5O. The molecule has 1 saturated heterocycles. The summed E-state index contributed by atoms with van der Waals surface area (Å²) in [6.45, 7) is 6.05. The van der Waals surface area contributed by atoms with Gasteiger partial charge in [0, 0.05) is 25.2 Å². The van der Waals surface area contributed by atoms with Gasteiger partial charge in [0.25, 0.3) is 0 Å². The van der Waals surface area contributed by atoms with Crippen LogP contribution in [0.2, 0.25) is 5.28 Å². The van der Waals surface area contributed by atoms with Crippen molar-refractivity contribution in [2.24, 2.45) is 0 Å². The molecule has 1 saturated carbocycles. The molecule has 1 atom stereocenters. The van der Waals surface area contributed by atoms with E-state index in [1.807, 2.05) is 13.8 Å². The first kappa shape index (κ1) is 13.8. The Labute approximate surface area is 123 Å². The zero-order valence-corrected chi connectivity index (χ0v) is 12.6. The van der Waals surface area contributed by atoms with Gasteiger partial charge in [0.15, 0.2) is 0 Å². The molecule has 0 radical (unpaired) electrons. The maximum Gasteiger partial charge on any atom is 0.322 e. The lowest BCUT2D eigenvalue weighted by atomic mass is 10.3. The van der Waals surface area contributed by atoms with Crippen LogP contribution in [0.3, 0.4) is 0 Å². The van der Waals surface area contributed by atoms with Crippen LogP contribution in [0.25, 0.3) is 0 Å². The minimum absolute atomic E-state index is 0.0122. The standard InChI is InChI=1S/C13H20ClN5O/c1-8(2)20-13-17-11(14)16-12(18-13)15-9-5-6-19(7-9)10-3-4-10/h8-10H,3-7H2,1-2H3,(H,15,16,17,18). The Bertz CT molecular complexity index is 480. The number of nitrogens with one attached hydrogen (secondary N) is 1. The van der Waals surface area contributed by atoms with E-state index in [9.17, 15) is 0 Å². The predicted molar refractivity (Wildman–Crippen MR) is 77.2 cm³/mol.